The molecule has 2 atom stereocenters. The Morgan fingerprint density at radius 1 is 0.872 bits per heavy atom. The molecule has 47 heavy (non-hydrogen) atoms. The molecule has 1 aliphatic rings. The number of fused-ring (bicyclic) bond motifs is 1. The molecule has 0 bridgehead atoms. The summed E-state index contributed by atoms with van der Waals surface area (Å²) in [5.41, 5.74) is 1.76. The molecule has 0 spiro atoms. The number of amides is 1. The molecule has 5 aromatic rings. The summed E-state index contributed by atoms with van der Waals surface area (Å²) in [6.45, 7) is 4.07. The molecule has 0 radical (unpaired) electrons. The number of carbonyl (C=O) groups is 2. The average molecular weight is 690 g/mol. The molecule has 0 aliphatic carbocycles. The molecule has 0 aromatic heterocycles. The number of rotatable bonds is 12. The minimum Gasteiger partial charge on any atom is -0.480 e. The third kappa shape index (κ3) is 5.91. The SMILES string of the molecule is CC[C@](NC(c1ccccc1)c1ccccc1)(C(=O)O)C1(OCc2ccccc2C)C(=O)N(Cc2ccccc2)c2ccc(Br)cc21. The maximum absolute atomic E-state index is 15.4. The molecule has 238 valence electrons. The number of anilines is 1. The van der Waals surface area contributed by atoms with Gasteiger partial charge in [-0.25, -0.2) is 0 Å². The van der Waals surface area contributed by atoms with Gasteiger partial charge in [0.25, 0.3) is 5.91 Å². The third-order valence-corrected chi connectivity index (χ3v) is 9.71. The van der Waals surface area contributed by atoms with E-state index in [1.807, 2.05) is 140 Å². The zero-order chi connectivity index (χ0) is 33.0. The van der Waals surface area contributed by atoms with E-state index in [2.05, 4.69) is 21.2 Å². The van der Waals surface area contributed by atoms with Crippen LogP contribution in [0.3, 0.4) is 0 Å². The van der Waals surface area contributed by atoms with Crippen LogP contribution in [-0.2, 0) is 33.1 Å². The highest BCUT2D eigenvalue weighted by Crippen LogP contribution is 2.53. The quantitative estimate of drug-likeness (QED) is 0.138. The number of aryl methyl sites for hydroxylation is 1. The van der Waals surface area contributed by atoms with Crippen molar-refractivity contribution >= 4 is 33.5 Å². The van der Waals surface area contributed by atoms with E-state index in [1.165, 1.54) is 0 Å². The van der Waals surface area contributed by atoms with Crippen LogP contribution in [0.5, 0.6) is 0 Å². The summed E-state index contributed by atoms with van der Waals surface area (Å²) >= 11 is 3.63. The van der Waals surface area contributed by atoms with E-state index in [4.69, 9.17) is 4.74 Å². The molecule has 1 aliphatic heterocycles. The second-order valence-corrected chi connectivity index (χ2v) is 12.8. The van der Waals surface area contributed by atoms with Gasteiger partial charge in [0, 0.05) is 10.0 Å². The van der Waals surface area contributed by atoms with E-state index in [9.17, 15) is 9.90 Å². The number of hydrogen-bond donors (Lipinski definition) is 2. The summed E-state index contributed by atoms with van der Waals surface area (Å²) in [7, 11) is 0. The molecule has 2 N–H and O–H groups in total. The van der Waals surface area contributed by atoms with Crippen molar-refractivity contribution in [2.75, 3.05) is 4.90 Å². The molecule has 1 amide bonds. The Labute approximate surface area is 284 Å². The van der Waals surface area contributed by atoms with Gasteiger partial charge >= 0.3 is 5.97 Å². The fraction of sp³-hybridized carbons (Fsp3) is 0.200. The van der Waals surface area contributed by atoms with Crippen LogP contribution in [0.1, 0.15) is 52.8 Å². The van der Waals surface area contributed by atoms with E-state index >= 15 is 4.79 Å². The van der Waals surface area contributed by atoms with Crippen molar-refractivity contribution in [3.63, 3.8) is 0 Å². The van der Waals surface area contributed by atoms with Crippen molar-refractivity contribution in [3.05, 3.63) is 171 Å². The summed E-state index contributed by atoms with van der Waals surface area (Å²) in [5, 5.41) is 15.1. The van der Waals surface area contributed by atoms with Gasteiger partial charge in [-0.3, -0.25) is 14.9 Å². The lowest BCUT2D eigenvalue weighted by atomic mass is 9.72. The highest BCUT2D eigenvalue weighted by atomic mass is 79.9. The number of ether oxygens (including phenoxy) is 1. The van der Waals surface area contributed by atoms with Gasteiger partial charge < -0.3 is 14.7 Å². The van der Waals surface area contributed by atoms with Gasteiger partial charge in [0.05, 0.1) is 24.9 Å². The standard InChI is InChI=1S/C40H37BrN2O4/c1-3-39(38(45)46,42-36(30-18-9-5-10-19-30)31-20-11-6-12-21-31)40(47-27-32-22-14-13-15-28(32)2)34-25-33(41)23-24-35(34)43(37(40)44)26-29-16-7-4-8-17-29/h4-25,36,42H,3,26-27H2,1-2H3,(H,45,46)/t39-,40?/m0/s1. The van der Waals surface area contributed by atoms with Crippen LogP contribution >= 0.6 is 15.9 Å². The average Bonchev–Trinajstić information content (AvgIpc) is 3.32. The Bertz CT molecular complexity index is 1830. The minimum atomic E-state index is -1.95. The first-order valence-corrected chi connectivity index (χ1v) is 16.6. The first-order chi connectivity index (χ1) is 22.8. The number of benzene rings is 5. The largest absolute Gasteiger partial charge is 0.480 e. The van der Waals surface area contributed by atoms with Crippen LogP contribution in [0.15, 0.2) is 138 Å². The number of halogens is 1. The summed E-state index contributed by atoms with van der Waals surface area (Å²) in [6.07, 6.45) is 0.0448. The first kappa shape index (κ1) is 32.4. The molecule has 5 aromatic carbocycles. The number of hydrogen-bond acceptors (Lipinski definition) is 4. The molecule has 1 heterocycles. The highest BCUT2D eigenvalue weighted by Gasteiger charge is 2.68. The Balaban J connectivity index is 1.60. The Morgan fingerprint density at radius 3 is 2.02 bits per heavy atom. The highest BCUT2D eigenvalue weighted by molar-refractivity contribution is 9.10. The van der Waals surface area contributed by atoms with Crippen molar-refractivity contribution in [3.8, 4) is 0 Å². The molecule has 6 nitrogen and oxygen atoms in total. The molecule has 0 saturated carbocycles. The van der Waals surface area contributed by atoms with Crippen LogP contribution in [-0.4, -0.2) is 22.5 Å². The van der Waals surface area contributed by atoms with Crippen LogP contribution < -0.4 is 10.2 Å². The van der Waals surface area contributed by atoms with Gasteiger partial charge in [-0.2, -0.15) is 0 Å². The lowest BCUT2D eigenvalue weighted by Crippen LogP contribution is -2.70. The first-order valence-electron chi connectivity index (χ1n) is 15.8. The van der Waals surface area contributed by atoms with Gasteiger partial charge in [0.1, 0.15) is 0 Å². The molecule has 1 unspecified atom stereocenters. The summed E-state index contributed by atoms with van der Waals surface area (Å²) in [6, 6.07) is 42.0. The zero-order valence-electron chi connectivity index (χ0n) is 26.4. The van der Waals surface area contributed by atoms with E-state index in [0.29, 0.717) is 15.7 Å². The predicted molar refractivity (Wildman–Crippen MR) is 188 cm³/mol. The molecule has 7 heteroatoms. The van der Waals surface area contributed by atoms with Crippen molar-refractivity contribution in [1.29, 1.82) is 0 Å². The zero-order valence-corrected chi connectivity index (χ0v) is 28.0. The molecular formula is C40H37BrN2O4. The van der Waals surface area contributed by atoms with E-state index in [0.717, 1.165) is 27.8 Å². The number of aliphatic carboxylic acids is 1. The van der Waals surface area contributed by atoms with E-state index < -0.39 is 29.1 Å². The second kappa shape index (κ2) is 13.7. The van der Waals surface area contributed by atoms with Crippen molar-refractivity contribution in [1.82, 2.24) is 5.32 Å². The summed E-state index contributed by atoms with van der Waals surface area (Å²) in [4.78, 5) is 31.1. The fourth-order valence-corrected chi connectivity index (χ4v) is 7.07. The van der Waals surface area contributed by atoms with Crippen molar-refractivity contribution in [2.45, 2.75) is 50.6 Å². The molecule has 0 fully saturated rings. The fourth-order valence-electron chi connectivity index (χ4n) is 6.71. The maximum Gasteiger partial charge on any atom is 0.327 e. The lowest BCUT2D eigenvalue weighted by Gasteiger charge is -2.46. The normalized spacial score (nSPS) is 17.0. The molecule has 0 saturated heterocycles. The summed E-state index contributed by atoms with van der Waals surface area (Å²) in [5.74, 6) is -1.61. The number of carboxylic acid groups (broad SMARTS) is 1. The number of carbonyl (C=O) groups excluding carboxylic acids is 1. The van der Waals surface area contributed by atoms with Crippen LogP contribution in [0.2, 0.25) is 0 Å². The predicted octanol–water partition coefficient (Wildman–Crippen LogP) is 8.33. The second-order valence-electron chi connectivity index (χ2n) is 11.9. The summed E-state index contributed by atoms with van der Waals surface area (Å²) < 4.78 is 7.67. The van der Waals surface area contributed by atoms with E-state index in [1.54, 1.807) is 11.8 Å². The number of nitrogens with one attached hydrogen (secondary N) is 1. The number of nitrogens with zero attached hydrogens (tertiary/aromatic N) is 1. The van der Waals surface area contributed by atoms with Crippen LogP contribution in [0.25, 0.3) is 0 Å². The van der Waals surface area contributed by atoms with E-state index in [-0.39, 0.29) is 19.6 Å². The van der Waals surface area contributed by atoms with Gasteiger partial charge in [0.15, 0.2) is 5.54 Å². The smallest absolute Gasteiger partial charge is 0.327 e. The van der Waals surface area contributed by atoms with Gasteiger partial charge in [0.2, 0.25) is 5.60 Å². The maximum atomic E-state index is 15.4. The minimum absolute atomic E-state index is 0.0294. The van der Waals surface area contributed by atoms with Gasteiger partial charge in [-0.1, -0.05) is 138 Å². The van der Waals surface area contributed by atoms with Crippen molar-refractivity contribution < 1.29 is 19.4 Å². The number of carboxylic acids is 1. The van der Waals surface area contributed by atoms with Gasteiger partial charge in [-0.15, -0.1) is 0 Å². The Hall–Kier alpha value is -4.56. The Morgan fingerprint density at radius 2 is 1.45 bits per heavy atom. The lowest BCUT2D eigenvalue weighted by molar-refractivity contribution is -0.181. The van der Waals surface area contributed by atoms with Crippen LogP contribution in [0, 0.1) is 6.92 Å². The molecular weight excluding hydrogens is 652 g/mol. The Kier molecular flexibility index (Phi) is 9.41. The third-order valence-electron chi connectivity index (χ3n) is 9.22. The van der Waals surface area contributed by atoms with Gasteiger partial charge in [-0.05, 0) is 59.4 Å². The molecule has 6 rings (SSSR count). The topological polar surface area (TPSA) is 78.9 Å². The van der Waals surface area contributed by atoms with Crippen LogP contribution in [0.4, 0.5) is 5.69 Å². The monoisotopic (exact) mass is 688 g/mol. The van der Waals surface area contributed by atoms with Crippen molar-refractivity contribution in [2.24, 2.45) is 0 Å².